The zero-order chi connectivity index (χ0) is 18.2. The van der Waals surface area contributed by atoms with Crippen LogP contribution in [0.25, 0.3) is 11.4 Å². The minimum atomic E-state index is -4.54. The van der Waals surface area contributed by atoms with Crippen LogP contribution >= 0.6 is 11.6 Å². The number of pyridine rings is 1. The van der Waals surface area contributed by atoms with Gasteiger partial charge in [0, 0.05) is 37.5 Å². The van der Waals surface area contributed by atoms with Gasteiger partial charge in [0.15, 0.2) is 5.82 Å². The molecule has 2 N–H and O–H groups in total. The van der Waals surface area contributed by atoms with Gasteiger partial charge in [-0.2, -0.15) is 17.6 Å². The van der Waals surface area contributed by atoms with Crippen molar-refractivity contribution in [1.29, 1.82) is 0 Å². The lowest BCUT2D eigenvalue weighted by molar-refractivity contribution is -0.149. The normalized spacial score (nSPS) is 18.4. The molecule has 2 aromatic rings. The van der Waals surface area contributed by atoms with E-state index in [-0.39, 0.29) is 36.8 Å². The van der Waals surface area contributed by atoms with Gasteiger partial charge in [-0.15, -0.1) is 0 Å². The van der Waals surface area contributed by atoms with Gasteiger partial charge in [-0.3, -0.25) is 4.79 Å². The average Bonchev–Trinajstić information content (AvgIpc) is 2.56. The molecule has 1 atom stereocenters. The van der Waals surface area contributed by atoms with Crippen LogP contribution in [0, 0.1) is 5.95 Å². The van der Waals surface area contributed by atoms with Crippen LogP contribution in [0.3, 0.4) is 0 Å². The third kappa shape index (κ3) is 3.59. The summed E-state index contributed by atoms with van der Waals surface area (Å²) in [5, 5.41) is 2.20. The summed E-state index contributed by atoms with van der Waals surface area (Å²) in [4.78, 5) is 22.8. The first-order valence-electron chi connectivity index (χ1n) is 7.23. The highest BCUT2D eigenvalue weighted by molar-refractivity contribution is 6.32. The third-order valence-electron chi connectivity index (χ3n) is 3.74. The molecule has 0 aromatic carbocycles. The summed E-state index contributed by atoms with van der Waals surface area (Å²) in [7, 11) is 0. The fourth-order valence-corrected chi connectivity index (χ4v) is 2.77. The first kappa shape index (κ1) is 17.6. The molecular weight excluding hydrogens is 366 g/mol. The van der Waals surface area contributed by atoms with Crippen LogP contribution in [-0.4, -0.2) is 46.8 Å². The molecule has 3 rings (SSSR count). The number of halogens is 5. The fourth-order valence-electron chi connectivity index (χ4n) is 2.57. The SMILES string of the molecule is O=c1[nH]c(-c2ccnc(F)c2)nc(N2CCNC[C@H]2C(F)(F)F)c1Cl. The van der Waals surface area contributed by atoms with E-state index in [1.54, 1.807) is 0 Å². The molecule has 25 heavy (non-hydrogen) atoms. The second kappa shape index (κ2) is 6.60. The highest BCUT2D eigenvalue weighted by Crippen LogP contribution is 2.32. The van der Waals surface area contributed by atoms with Crippen molar-refractivity contribution in [2.45, 2.75) is 12.2 Å². The molecular formula is C14H12ClF4N5O. The molecule has 1 aliphatic rings. The third-order valence-corrected chi connectivity index (χ3v) is 4.08. The monoisotopic (exact) mass is 377 g/mol. The fraction of sp³-hybridized carbons (Fsp3) is 0.357. The summed E-state index contributed by atoms with van der Waals surface area (Å²) in [5.74, 6) is -1.20. The molecule has 1 saturated heterocycles. The summed E-state index contributed by atoms with van der Waals surface area (Å²) >= 11 is 5.91. The van der Waals surface area contributed by atoms with Gasteiger partial charge in [0.2, 0.25) is 5.95 Å². The van der Waals surface area contributed by atoms with Crippen molar-refractivity contribution >= 4 is 17.4 Å². The average molecular weight is 378 g/mol. The largest absolute Gasteiger partial charge is 0.410 e. The molecule has 0 aliphatic carbocycles. The summed E-state index contributed by atoms with van der Waals surface area (Å²) in [5.41, 5.74) is -0.639. The summed E-state index contributed by atoms with van der Waals surface area (Å²) in [6.07, 6.45) is -3.38. The number of aromatic nitrogens is 3. The van der Waals surface area contributed by atoms with Crippen LogP contribution in [0.5, 0.6) is 0 Å². The minimum Gasteiger partial charge on any atom is -0.341 e. The van der Waals surface area contributed by atoms with Crippen LogP contribution in [-0.2, 0) is 0 Å². The van der Waals surface area contributed by atoms with E-state index in [2.05, 4.69) is 20.3 Å². The predicted octanol–water partition coefficient (Wildman–Crippen LogP) is 1.96. The van der Waals surface area contributed by atoms with E-state index in [1.165, 1.54) is 6.07 Å². The molecule has 0 bridgehead atoms. The second-order valence-electron chi connectivity index (χ2n) is 5.37. The number of piperazine rings is 1. The van der Waals surface area contributed by atoms with Crippen molar-refractivity contribution in [3.63, 3.8) is 0 Å². The van der Waals surface area contributed by atoms with Crippen molar-refractivity contribution in [2.24, 2.45) is 0 Å². The Morgan fingerprint density at radius 1 is 1.36 bits per heavy atom. The van der Waals surface area contributed by atoms with Crippen molar-refractivity contribution in [3.05, 3.63) is 39.7 Å². The number of hydrogen-bond donors (Lipinski definition) is 2. The van der Waals surface area contributed by atoms with Crippen molar-refractivity contribution in [1.82, 2.24) is 20.3 Å². The van der Waals surface area contributed by atoms with Gasteiger partial charge in [0.1, 0.15) is 16.9 Å². The molecule has 134 valence electrons. The highest BCUT2D eigenvalue weighted by atomic mass is 35.5. The van der Waals surface area contributed by atoms with Gasteiger partial charge >= 0.3 is 6.18 Å². The molecule has 6 nitrogen and oxygen atoms in total. The molecule has 0 spiro atoms. The van der Waals surface area contributed by atoms with E-state index in [0.717, 1.165) is 17.2 Å². The number of hydrogen-bond acceptors (Lipinski definition) is 5. The van der Waals surface area contributed by atoms with Gasteiger partial charge in [0.25, 0.3) is 5.56 Å². The van der Waals surface area contributed by atoms with Gasteiger partial charge in [0.05, 0.1) is 0 Å². The molecule has 0 saturated carbocycles. The molecule has 1 fully saturated rings. The Kier molecular flexibility index (Phi) is 4.65. The number of rotatable bonds is 2. The maximum Gasteiger partial charge on any atom is 0.410 e. The van der Waals surface area contributed by atoms with Crippen LogP contribution in [0.4, 0.5) is 23.4 Å². The number of anilines is 1. The number of aromatic amines is 1. The molecule has 0 amide bonds. The predicted molar refractivity (Wildman–Crippen MR) is 83.1 cm³/mol. The van der Waals surface area contributed by atoms with Gasteiger partial charge in [-0.05, 0) is 6.07 Å². The standard InChI is InChI=1S/C14H12ClF4N5O/c15-10-12(24-4-3-20-6-8(24)14(17,18)19)22-11(23-13(10)25)7-1-2-21-9(16)5-7/h1-2,5,8,20H,3-4,6H2,(H,22,23,25)/t8-/m0/s1. The highest BCUT2D eigenvalue weighted by Gasteiger charge is 2.46. The minimum absolute atomic E-state index is 0.0372. The molecule has 11 heteroatoms. The number of nitrogens with zero attached hydrogens (tertiary/aromatic N) is 3. The van der Waals surface area contributed by atoms with E-state index >= 15 is 0 Å². The van der Waals surface area contributed by atoms with E-state index in [1.807, 2.05) is 0 Å². The Hall–Kier alpha value is -2.20. The Balaban J connectivity index is 2.10. The van der Waals surface area contributed by atoms with Gasteiger partial charge < -0.3 is 15.2 Å². The number of alkyl halides is 3. The van der Waals surface area contributed by atoms with E-state index in [9.17, 15) is 22.4 Å². The molecule has 0 unspecified atom stereocenters. The van der Waals surface area contributed by atoms with Crippen LogP contribution < -0.4 is 15.8 Å². The van der Waals surface area contributed by atoms with Gasteiger partial charge in [-0.1, -0.05) is 11.6 Å². The topological polar surface area (TPSA) is 73.9 Å². The maximum atomic E-state index is 13.3. The first-order valence-corrected chi connectivity index (χ1v) is 7.61. The van der Waals surface area contributed by atoms with Crippen molar-refractivity contribution in [2.75, 3.05) is 24.5 Å². The summed E-state index contributed by atoms with van der Waals surface area (Å²) in [6.45, 7) is -0.116. The lowest BCUT2D eigenvalue weighted by atomic mass is 10.2. The van der Waals surface area contributed by atoms with Gasteiger partial charge in [-0.25, -0.2) is 9.97 Å². The smallest absolute Gasteiger partial charge is 0.341 e. The lowest BCUT2D eigenvalue weighted by Gasteiger charge is -2.38. The molecule has 3 heterocycles. The molecule has 2 aromatic heterocycles. The van der Waals surface area contributed by atoms with E-state index in [0.29, 0.717) is 0 Å². The van der Waals surface area contributed by atoms with Crippen LogP contribution in [0.1, 0.15) is 0 Å². The maximum absolute atomic E-state index is 13.3. The Labute approximate surface area is 143 Å². The number of H-pyrrole nitrogens is 1. The Bertz CT molecular complexity index is 841. The van der Waals surface area contributed by atoms with Crippen molar-refractivity contribution < 1.29 is 17.6 Å². The Morgan fingerprint density at radius 3 is 2.80 bits per heavy atom. The number of nitrogens with one attached hydrogen (secondary N) is 2. The van der Waals surface area contributed by atoms with E-state index < -0.39 is 28.7 Å². The zero-order valence-electron chi connectivity index (χ0n) is 12.6. The second-order valence-corrected chi connectivity index (χ2v) is 5.75. The van der Waals surface area contributed by atoms with E-state index in [4.69, 9.17) is 11.6 Å². The quantitative estimate of drug-likeness (QED) is 0.618. The first-order chi connectivity index (χ1) is 11.8. The summed E-state index contributed by atoms with van der Waals surface area (Å²) < 4.78 is 53.1. The molecule has 0 radical (unpaired) electrons. The van der Waals surface area contributed by atoms with Crippen LogP contribution in [0.15, 0.2) is 23.1 Å². The summed E-state index contributed by atoms with van der Waals surface area (Å²) in [6, 6.07) is 0.502. The lowest BCUT2D eigenvalue weighted by Crippen LogP contribution is -2.58. The van der Waals surface area contributed by atoms with Crippen LogP contribution in [0.2, 0.25) is 5.02 Å². The van der Waals surface area contributed by atoms with Crippen molar-refractivity contribution in [3.8, 4) is 11.4 Å². The Morgan fingerprint density at radius 2 is 2.12 bits per heavy atom. The zero-order valence-corrected chi connectivity index (χ0v) is 13.3. The molecule has 1 aliphatic heterocycles.